The molecule has 0 unspecified atom stereocenters. The van der Waals surface area contributed by atoms with Crippen molar-refractivity contribution in [2.45, 2.75) is 13.8 Å². The molecule has 2 N–H and O–H groups in total. The number of aromatic carboxylic acids is 1. The summed E-state index contributed by atoms with van der Waals surface area (Å²) in [7, 11) is 0. The molecule has 0 fully saturated rings. The molecule has 7 nitrogen and oxygen atoms in total. The number of carbonyl (C=O) groups excluding carboxylic acids is 2. The van der Waals surface area contributed by atoms with Crippen molar-refractivity contribution in [2.24, 2.45) is 0 Å². The SMILES string of the molecule is Cc1ccc(C(=O)c2ccc(NC(=O)c3noc(C)c3C(=O)O)cc2)cc1. The van der Waals surface area contributed by atoms with Gasteiger partial charge >= 0.3 is 5.97 Å². The van der Waals surface area contributed by atoms with Crippen LogP contribution in [0.4, 0.5) is 5.69 Å². The van der Waals surface area contributed by atoms with Crippen molar-refractivity contribution in [3.8, 4) is 0 Å². The number of hydrogen-bond donors (Lipinski definition) is 2. The summed E-state index contributed by atoms with van der Waals surface area (Å²) in [6.45, 7) is 3.36. The first-order valence-corrected chi connectivity index (χ1v) is 8.09. The second kappa shape index (κ2) is 7.25. The Balaban J connectivity index is 1.76. The highest BCUT2D eigenvalue weighted by atomic mass is 16.5. The van der Waals surface area contributed by atoms with Gasteiger partial charge in [-0.3, -0.25) is 9.59 Å². The van der Waals surface area contributed by atoms with Crippen LogP contribution in [0.5, 0.6) is 0 Å². The molecule has 136 valence electrons. The maximum absolute atomic E-state index is 12.5. The van der Waals surface area contributed by atoms with Crippen molar-refractivity contribution in [1.29, 1.82) is 0 Å². The van der Waals surface area contributed by atoms with Crippen LogP contribution in [0.25, 0.3) is 0 Å². The van der Waals surface area contributed by atoms with Gasteiger partial charge < -0.3 is 14.9 Å². The minimum absolute atomic E-state index is 0.0479. The Morgan fingerprint density at radius 1 is 0.926 bits per heavy atom. The van der Waals surface area contributed by atoms with Gasteiger partial charge in [0, 0.05) is 16.8 Å². The zero-order chi connectivity index (χ0) is 19.6. The molecule has 2 aromatic carbocycles. The van der Waals surface area contributed by atoms with E-state index in [9.17, 15) is 14.4 Å². The van der Waals surface area contributed by atoms with E-state index in [1.807, 2.05) is 19.1 Å². The molecule has 0 radical (unpaired) electrons. The number of ketones is 1. The van der Waals surface area contributed by atoms with E-state index in [1.54, 1.807) is 36.4 Å². The zero-order valence-electron chi connectivity index (χ0n) is 14.6. The van der Waals surface area contributed by atoms with Gasteiger partial charge in [0.05, 0.1) is 0 Å². The van der Waals surface area contributed by atoms with Crippen molar-refractivity contribution >= 4 is 23.3 Å². The van der Waals surface area contributed by atoms with E-state index in [-0.39, 0.29) is 22.8 Å². The topological polar surface area (TPSA) is 110 Å². The summed E-state index contributed by atoms with van der Waals surface area (Å²) in [5.74, 6) is -2.08. The van der Waals surface area contributed by atoms with Gasteiger partial charge in [-0.15, -0.1) is 0 Å². The van der Waals surface area contributed by atoms with Gasteiger partial charge in [0.2, 0.25) is 0 Å². The number of rotatable bonds is 5. The first-order valence-electron chi connectivity index (χ1n) is 8.09. The third-order valence-corrected chi connectivity index (χ3v) is 4.01. The Bertz CT molecular complexity index is 1020. The van der Waals surface area contributed by atoms with E-state index in [0.717, 1.165) is 5.56 Å². The highest BCUT2D eigenvalue weighted by molar-refractivity contribution is 6.11. The maximum atomic E-state index is 12.5. The Morgan fingerprint density at radius 3 is 2.04 bits per heavy atom. The predicted molar refractivity (Wildman–Crippen MR) is 97.2 cm³/mol. The summed E-state index contributed by atoms with van der Waals surface area (Å²) in [5, 5.41) is 15.2. The third kappa shape index (κ3) is 3.77. The lowest BCUT2D eigenvalue weighted by Crippen LogP contribution is -2.16. The number of carboxylic acids is 1. The van der Waals surface area contributed by atoms with E-state index in [2.05, 4.69) is 10.5 Å². The fourth-order valence-electron chi connectivity index (χ4n) is 2.55. The first-order chi connectivity index (χ1) is 12.9. The lowest BCUT2D eigenvalue weighted by atomic mass is 10.0. The largest absolute Gasteiger partial charge is 0.477 e. The third-order valence-electron chi connectivity index (χ3n) is 4.01. The van der Waals surface area contributed by atoms with Crippen LogP contribution in [-0.2, 0) is 0 Å². The van der Waals surface area contributed by atoms with Gasteiger partial charge in [-0.2, -0.15) is 0 Å². The van der Waals surface area contributed by atoms with E-state index < -0.39 is 11.9 Å². The Hall–Kier alpha value is -3.74. The van der Waals surface area contributed by atoms with Crippen molar-refractivity contribution in [3.63, 3.8) is 0 Å². The molecule has 0 bridgehead atoms. The van der Waals surface area contributed by atoms with Crippen LogP contribution in [-0.4, -0.2) is 27.9 Å². The molecule has 0 aliphatic rings. The van der Waals surface area contributed by atoms with Crippen molar-refractivity contribution in [2.75, 3.05) is 5.32 Å². The normalized spacial score (nSPS) is 10.4. The quantitative estimate of drug-likeness (QED) is 0.671. The first kappa shape index (κ1) is 18.1. The number of anilines is 1. The molecule has 1 heterocycles. The van der Waals surface area contributed by atoms with Crippen LogP contribution in [0, 0.1) is 13.8 Å². The molecule has 7 heteroatoms. The van der Waals surface area contributed by atoms with Gasteiger partial charge in [0.15, 0.2) is 11.5 Å². The number of nitrogens with one attached hydrogen (secondary N) is 1. The van der Waals surface area contributed by atoms with Crippen LogP contribution in [0.1, 0.15) is 48.1 Å². The standard InChI is InChI=1S/C20H16N2O5/c1-11-3-5-13(6-4-11)18(23)14-7-9-15(10-8-14)21-19(24)17-16(20(25)26)12(2)27-22-17/h3-10H,1-2H3,(H,21,24)(H,25,26). The minimum atomic E-state index is -1.29. The van der Waals surface area contributed by atoms with Crippen molar-refractivity contribution in [3.05, 3.63) is 82.2 Å². The number of aromatic nitrogens is 1. The van der Waals surface area contributed by atoms with Crippen molar-refractivity contribution in [1.82, 2.24) is 5.16 Å². The molecule has 0 saturated heterocycles. The molecule has 3 rings (SSSR count). The monoisotopic (exact) mass is 364 g/mol. The molecule has 1 aromatic heterocycles. The molecule has 0 aliphatic carbocycles. The van der Waals surface area contributed by atoms with Gasteiger partial charge in [-0.05, 0) is 38.1 Å². The molecule has 0 aliphatic heterocycles. The molecule has 1 amide bonds. The molecular weight excluding hydrogens is 348 g/mol. The highest BCUT2D eigenvalue weighted by Gasteiger charge is 2.25. The minimum Gasteiger partial charge on any atom is -0.477 e. The average molecular weight is 364 g/mol. The summed E-state index contributed by atoms with van der Waals surface area (Å²) in [6.07, 6.45) is 0. The molecule has 3 aromatic rings. The lowest BCUT2D eigenvalue weighted by Gasteiger charge is -2.06. The van der Waals surface area contributed by atoms with Crippen LogP contribution in [0.2, 0.25) is 0 Å². The Labute approximate surface area is 154 Å². The molecule has 27 heavy (non-hydrogen) atoms. The van der Waals surface area contributed by atoms with Crippen LogP contribution in [0.3, 0.4) is 0 Å². The summed E-state index contributed by atoms with van der Waals surface area (Å²) in [4.78, 5) is 35.9. The van der Waals surface area contributed by atoms with Crippen LogP contribution in [0.15, 0.2) is 53.1 Å². The number of nitrogens with zero attached hydrogens (tertiary/aromatic N) is 1. The lowest BCUT2D eigenvalue weighted by molar-refractivity contribution is 0.0691. The number of hydrogen-bond acceptors (Lipinski definition) is 5. The summed E-state index contributed by atoms with van der Waals surface area (Å²) >= 11 is 0. The number of benzene rings is 2. The van der Waals surface area contributed by atoms with Gasteiger partial charge in [-0.25, -0.2) is 4.79 Å². The Morgan fingerprint density at radius 2 is 1.48 bits per heavy atom. The van der Waals surface area contributed by atoms with E-state index in [0.29, 0.717) is 16.8 Å². The number of carbonyl (C=O) groups is 3. The number of amides is 1. The van der Waals surface area contributed by atoms with Crippen molar-refractivity contribution < 1.29 is 24.0 Å². The van der Waals surface area contributed by atoms with E-state index >= 15 is 0 Å². The fourth-order valence-corrected chi connectivity index (χ4v) is 2.55. The van der Waals surface area contributed by atoms with Gasteiger partial charge in [0.25, 0.3) is 5.91 Å². The fraction of sp³-hybridized carbons (Fsp3) is 0.100. The second-order valence-electron chi connectivity index (χ2n) is 5.99. The smallest absolute Gasteiger partial charge is 0.341 e. The summed E-state index contributed by atoms with van der Waals surface area (Å²) < 4.78 is 4.79. The van der Waals surface area contributed by atoms with Gasteiger partial charge in [-0.1, -0.05) is 35.0 Å². The molecule has 0 spiro atoms. The van der Waals surface area contributed by atoms with Gasteiger partial charge in [0.1, 0.15) is 11.3 Å². The summed E-state index contributed by atoms with van der Waals surface area (Å²) in [5.41, 5.74) is 1.92. The molecular formula is C20H16N2O5. The molecule has 0 atom stereocenters. The van der Waals surface area contributed by atoms with E-state index in [1.165, 1.54) is 6.92 Å². The van der Waals surface area contributed by atoms with Crippen LogP contribution < -0.4 is 5.32 Å². The predicted octanol–water partition coefficient (Wildman–Crippen LogP) is 3.47. The van der Waals surface area contributed by atoms with Crippen LogP contribution >= 0.6 is 0 Å². The van der Waals surface area contributed by atoms with E-state index in [4.69, 9.17) is 9.63 Å². The zero-order valence-corrected chi connectivity index (χ0v) is 14.6. The second-order valence-corrected chi connectivity index (χ2v) is 5.99. The average Bonchev–Trinajstić information content (AvgIpc) is 3.04. The summed E-state index contributed by atoms with van der Waals surface area (Å²) in [6, 6.07) is 13.5. The maximum Gasteiger partial charge on any atom is 0.341 e. The number of carboxylic acid groups (broad SMARTS) is 1. The Kier molecular flexibility index (Phi) is 4.85. The molecule has 0 saturated carbocycles. The highest BCUT2D eigenvalue weighted by Crippen LogP contribution is 2.18. The number of aryl methyl sites for hydroxylation is 2.